The highest BCUT2D eigenvalue weighted by molar-refractivity contribution is 5.88. The number of phenolic OH excluding ortho intramolecular Hbond substituents is 2. The molecule has 1 amide bonds. The van der Waals surface area contributed by atoms with E-state index in [1.54, 1.807) is 18.2 Å². The molecule has 1 aliphatic heterocycles. The Morgan fingerprint density at radius 1 is 1.16 bits per heavy atom. The molecule has 6 nitrogen and oxygen atoms in total. The lowest BCUT2D eigenvalue weighted by molar-refractivity contribution is -0.195. The van der Waals surface area contributed by atoms with Crippen LogP contribution in [0, 0.1) is 5.92 Å². The second-order valence-corrected chi connectivity index (χ2v) is 9.06. The number of phenols is 2. The monoisotopic (exact) mass is 438 g/mol. The van der Waals surface area contributed by atoms with Crippen LogP contribution in [-0.4, -0.2) is 40.3 Å². The Kier molecular flexibility index (Phi) is 7.26. The molecule has 1 unspecified atom stereocenters. The van der Waals surface area contributed by atoms with Crippen LogP contribution >= 0.6 is 0 Å². The average Bonchev–Trinajstić information content (AvgIpc) is 2.72. The van der Waals surface area contributed by atoms with Crippen LogP contribution in [-0.2, 0) is 21.6 Å². The third kappa shape index (κ3) is 5.31. The van der Waals surface area contributed by atoms with Gasteiger partial charge >= 0.3 is 0 Å². The van der Waals surface area contributed by atoms with Crippen LogP contribution in [0.3, 0.4) is 0 Å². The highest BCUT2D eigenvalue weighted by atomic mass is 16.5. The van der Waals surface area contributed by atoms with Gasteiger partial charge in [-0.2, -0.15) is 0 Å². The zero-order valence-corrected chi connectivity index (χ0v) is 19.6. The lowest BCUT2D eigenvalue weighted by atomic mass is 9.69. The first-order valence-corrected chi connectivity index (χ1v) is 11.0. The minimum absolute atomic E-state index is 0.115. The molecule has 2 aromatic carbocycles. The number of benzene rings is 2. The first-order valence-electron chi connectivity index (χ1n) is 11.0. The Morgan fingerprint density at radius 3 is 2.44 bits per heavy atom. The van der Waals surface area contributed by atoms with Crippen molar-refractivity contribution in [2.24, 2.45) is 5.92 Å². The van der Waals surface area contributed by atoms with Crippen LogP contribution in [0.25, 0.3) is 0 Å². The molecule has 1 heterocycles. The van der Waals surface area contributed by atoms with E-state index in [1.807, 2.05) is 6.07 Å². The Bertz CT molecular complexity index is 982. The van der Waals surface area contributed by atoms with E-state index >= 15 is 0 Å². The van der Waals surface area contributed by atoms with Gasteiger partial charge in [-0.25, -0.2) is 0 Å². The summed E-state index contributed by atoms with van der Waals surface area (Å²) in [6.45, 7) is 11.7. The van der Waals surface area contributed by atoms with Crippen molar-refractivity contribution in [1.29, 1.82) is 0 Å². The molecular weight excluding hydrogens is 404 g/mol. The van der Waals surface area contributed by atoms with Crippen molar-refractivity contribution in [2.75, 3.05) is 18.6 Å². The topological polar surface area (TPSA) is 82.0 Å². The summed E-state index contributed by atoms with van der Waals surface area (Å²) in [6, 6.07) is 12.5. The summed E-state index contributed by atoms with van der Waals surface area (Å²) in [6.07, 6.45) is 3.30. The van der Waals surface area contributed by atoms with Crippen LogP contribution in [0.2, 0.25) is 0 Å². The molecule has 2 bridgehead atoms. The number of fused-ring (bicyclic) bond motifs is 4. The van der Waals surface area contributed by atoms with Gasteiger partial charge in [0.2, 0.25) is 5.91 Å². The molecule has 4 rings (SSSR count). The number of hydrogen-bond donors (Lipinski definition) is 3. The summed E-state index contributed by atoms with van der Waals surface area (Å²) in [5, 5.41) is 21.3. The number of nitrogens with one attached hydrogen (secondary N) is 1. The van der Waals surface area contributed by atoms with Crippen molar-refractivity contribution in [3.8, 4) is 11.5 Å². The van der Waals surface area contributed by atoms with E-state index in [0.717, 1.165) is 18.5 Å². The molecule has 2 aromatic rings. The number of hydrogen-bond acceptors (Lipinski definition) is 5. The summed E-state index contributed by atoms with van der Waals surface area (Å²) in [5.41, 5.74) is 4.21. The van der Waals surface area contributed by atoms with Crippen LogP contribution in [0.15, 0.2) is 54.1 Å². The molecule has 3 N–H and O–H groups in total. The van der Waals surface area contributed by atoms with Crippen molar-refractivity contribution in [3.05, 3.63) is 65.2 Å². The van der Waals surface area contributed by atoms with Gasteiger partial charge in [-0.3, -0.25) is 9.69 Å². The summed E-state index contributed by atoms with van der Waals surface area (Å²) in [5.74, 6) is 0.817. The maximum absolute atomic E-state index is 10.5. The molecular formula is C26H34N2O4. The predicted octanol–water partition coefficient (Wildman–Crippen LogP) is 4.77. The van der Waals surface area contributed by atoms with Crippen molar-refractivity contribution < 1.29 is 19.7 Å². The van der Waals surface area contributed by atoms with Gasteiger partial charge in [-0.1, -0.05) is 24.6 Å². The van der Waals surface area contributed by atoms with E-state index in [1.165, 1.54) is 30.2 Å². The van der Waals surface area contributed by atoms with Gasteiger partial charge in [-0.05, 0) is 74.7 Å². The molecule has 0 radical (unpaired) electrons. The molecule has 172 valence electrons. The van der Waals surface area contributed by atoms with E-state index in [4.69, 9.17) is 9.84 Å². The number of anilines is 1. The number of ether oxygens (including phenoxy) is 1. The molecule has 0 saturated carbocycles. The molecule has 32 heavy (non-hydrogen) atoms. The fourth-order valence-corrected chi connectivity index (χ4v) is 4.42. The largest absolute Gasteiger partial charge is 0.508 e. The molecule has 0 aromatic heterocycles. The number of aromatic hydroxyl groups is 2. The lowest BCUT2D eigenvalue weighted by Gasteiger charge is -2.53. The summed E-state index contributed by atoms with van der Waals surface area (Å²) in [4.78, 5) is 13.0. The van der Waals surface area contributed by atoms with Gasteiger partial charge in [0, 0.05) is 31.1 Å². The van der Waals surface area contributed by atoms with Crippen molar-refractivity contribution in [1.82, 2.24) is 4.90 Å². The third-order valence-corrected chi connectivity index (χ3v) is 6.42. The van der Waals surface area contributed by atoms with Crippen LogP contribution in [0.4, 0.5) is 5.69 Å². The van der Waals surface area contributed by atoms with Crippen LogP contribution in [0.1, 0.15) is 45.7 Å². The van der Waals surface area contributed by atoms with Crippen LogP contribution in [0.5, 0.6) is 11.5 Å². The van der Waals surface area contributed by atoms with Gasteiger partial charge in [0.05, 0.1) is 5.60 Å². The quantitative estimate of drug-likeness (QED) is 0.475. The van der Waals surface area contributed by atoms with Gasteiger partial charge < -0.3 is 20.3 Å². The molecule has 6 heteroatoms. The van der Waals surface area contributed by atoms with Crippen molar-refractivity contribution in [2.45, 2.75) is 52.7 Å². The molecule has 0 spiro atoms. The Hall–Kier alpha value is -2.83. The second kappa shape index (κ2) is 9.76. The van der Waals surface area contributed by atoms with E-state index in [2.05, 4.69) is 50.1 Å². The summed E-state index contributed by atoms with van der Waals surface area (Å²) < 4.78 is 6.26. The van der Waals surface area contributed by atoms with Gasteiger partial charge in [0.15, 0.2) is 0 Å². The first-order chi connectivity index (χ1) is 15.1. The summed E-state index contributed by atoms with van der Waals surface area (Å²) in [7, 11) is 0. The summed E-state index contributed by atoms with van der Waals surface area (Å²) >= 11 is 0. The van der Waals surface area contributed by atoms with E-state index < -0.39 is 0 Å². The zero-order chi connectivity index (χ0) is 23.5. The van der Waals surface area contributed by atoms with E-state index in [9.17, 15) is 9.90 Å². The minimum Gasteiger partial charge on any atom is -0.508 e. The fraction of sp³-hybridized carbons (Fsp3) is 0.423. The number of amides is 1. The highest BCUT2D eigenvalue weighted by Crippen LogP contribution is 2.47. The highest BCUT2D eigenvalue weighted by Gasteiger charge is 2.49. The standard InChI is InChI=1S/C18H25NO2.C8H9NO2/c1-12(2)7-8-19-11-21-18(4)13(3)17(19)9-14-5-6-15(20)10-16(14)18;1-6(10)9-7-2-4-8(11)5-3-7/h5-7,10,13,17,20H,8-9,11H2,1-4H3;2-5,11H,1H3,(H,9,10)/t13?,17-,18-;/m0./s1. The third-order valence-electron chi connectivity index (χ3n) is 6.42. The maximum atomic E-state index is 10.5. The zero-order valence-electron chi connectivity index (χ0n) is 19.6. The smallest absolute Gasteiger partial charge is 0.221 e. The van der Waals surface area contributed by atoms with Crippen molar-refractivity contribution in [3.63, 3.8) is 0 Å². The molecule has 3 atom stereocenters. The number of nitrogens with zero attached hydrogens (tertiary/aromatic N) is 1. The molecule has 1 aliphatic carbocycles. The van der Waals surface area contributed by atoms with Gasteiger partial charge in [0.1, 0.15) is 18.2 Å². The first kappa shape index (κ1) is 23.8. The Morgan fingerprint density at radius 2 is 1.81 bits per heavy atom. The fourth-order valence-electron chi connectivity index (χ4n) is 4.42. The van der Waals surface area contributed by atoms with Crippen molar-refractivity contribution >= 4 is 11.6 Å². The number of carbonyl (C=O) groups excluding carboxylic acids is 1. The molecule has 1 fully saturated rings. The van der Waals surface area contributed by atoms with Crippen LogP contribution < -0.4 is 5.32 Å². The van der Waals surface area contributed by atoms with E-state index in [0.29, 0.717) is 30.1 Å². The predicted molar refractivity (Wildman–Crippen MR) is 127 cm³/mol. The second-order valence-electron chi connectivity index (χ2n) is 9.06. The van der Waals surface area contributed by atoms with E-state index in [-0.39, 0.29) is 17.3 Å². The molecule has 1 saturated heterocycles. The normalized spacial score (nSPS) is 23.9. The number of allylic oxidation sites excluding steroid dienone is 1. The number of rotatable bonds is 3. The number of carbonyl (C=O) groups is 1. The Balaban J connectivity index is 0.000000222. The molecule has 2 aliphatic rings. The minimum atomic E-state index is -0.293. The average molecular weight is 439 g/mol. The Labute approximate surface area is 190 Å². The maximum Gasteiger partial charge on any atom is 0.221 e. The van der Waals surface area contributed by atoms with Gasteiger partial charge in [-0.15, -0.1) is 0 Å². The van der Waals surface area contributed by atoms with Gasteiger partial charge in [0.25, 0.3) is 0 Å². The SMILES string of the molecule is CC(=O)Nc1ccc(O)cc1.CC(C)=CCN1CO[C@]2(C)c3cc(O)ccc3C[C@H]1C2C. The lowest BCUT2D eigenvalue weighted by Crippen LogP contribution is -2.59.